The minimum Gasteiger partial charge on any atom is -0.368 e. The lowest BCUT2D eigenvalue weighted by atomic mass is 9.96. The van der Waals surface area contributed by atoms with Gasteiger partial charge in [0.25, 0.3) is 5.91 Å². The lowest BCUT2D eigenvalue weighted by Gasteiger charge is -2.28. The zero-order valence-corrected chi connectivity index (χ0v) is 19.2. The number of nitrogens with one attached hydrogen (secondary N) is 2. The van der Waals surface area contributed by atoms with Gasteiger partial charge in [-0.1, -0.05) is 30.3 Å². The molecule has 2 atom stereocenters. The van der Waals surface area contributed by atoms with Crippen molar-refractivity contribution in [2.45, 2.75) is 37.8 Å². The number of amides is 1. The molecule has 1 spiro atoms. The van der Waals surface area contributed by atoms with Gasteiger partial charge < -0.3 is 15.5 Å². The first kappa shape index (κ1) is 22.5. The van der Waals surface area contributed by atoms with Crippen LogP contribution in [0.4, 0.5) is 14.5 Å². The molecule has 2 saturated heterocycles. The largest absolute Gasteiger partial charge is 0.368 e. The number of carbonyl (C=O) groups excluding carboxylic acids is 1. The molecule has 34 heavy (non-hydrogen) atoms. The van der Waals surface area contributed by atoms with E-state index in [1.807, 2.05) is 37.3 Å². The molecule has 2 aliphatic heterocycles. The Morgan fingerprint density at radius 1 is 1.12 bits per heavy atom. The molecule has 3 aromatic rings. The smallest absolute Gasteiger partial charge is 0.255 e. The van der Waals surface area contributed by atoms with E-state index >= 15 is 0 Å². The summed E-state index contributed by atoms with van der Waals surface area (Å²) in [5.41, 5.74) is 2.99. The second kappa shape index (κ2) is 9.14. The predicted molar refractivity (Wildman–Crippen MR) is 129 cm³/mol. The van der Waals surface area contributed by atoms with Crippen molar-refractivity contribution in [2.24, 2.45) is 0 Å². The maximum absolute atomic E-state index is 14.1. The van der Waals surface area contributed by atoms with Crippen LogP contribution < -0.4 is 15.5 Å². The van der Waals surface area contributed by atoms with Crippen LogP contribution in [-0.4, -0.2) is 36.1 Å². The van der Waals surface area contributed by atoms with Gasteiger partial charge in [0.15, 0.2) is 0 Å². The van der Waals surface area contributed by atoms with Crippen molar-refractivity contribution in [3.63, 3.8) is 0 Å². The van der Waals surface area contributed by atoms with Gasteiger partial charge in [0.05, 0.1) is 17.3 Å². The lowest BCUT2D eigenvalue weighted by Crippen LogP contribution is -2.42. The van der Waals surface area contributed by atoms with E-state index in [2.05, 4.69) is 20.5 Å². The van der Waals surface area contributed by atoms with E-state index in [1.54, 1.807) is 12.4 Å². The maximum atomic E-state index is 14.1. The van der Waals surface area contributed by atoms with Crippen LogP contribution in [0.2, 0.25) is 0 Å². The Morgan fingerprint density at radius 2 is 1.88 bits per heavy atom. The van der Waals surface area contributed by atoms with Crippen LogP contribution >= 0.6 is 0 Å². The fraction of sp³-hybridized carbons (Fsp3) is 0.333. The third kappa shape index (κ3) is 4.40. The normalized spacial score (nSPS) is 20.6. The molecule has 2 fully saturated rings. The summed E-state index contributed by atoms with van der Waals surface area (Å²) in [7, 11) is 0. The second-order valence-electron chi connectivity index (χ2n) is 9.33. The average Bonchev–Trinajstić information content (AvgIpc) is 3.48. The number of rotatable bonds is 5. The second-order valence-corrected chi connectivity index (χ2v) is 9.33. The van der Waals surface area contributed by atoms with Crippen LogP contribution in [0.25, 0.3) is 11.1 Å². The molecule has 2 aromatic carbocycles. The number of nitrogens with zero attached hydrogens (tertiary/aromatic N) is 2. The van der Waals surface area contributed by atoms with Crippen LogP contribution in [-0.2, 0) is 0 Å². The van der Waals surface area contributed by atoms with Crippen LogP contribution in [0.1, 0.15) is 48.1 Å². The van der Waals surface area contributed by atoms with Crippen molar-refractivity contribution in [2.75, 3.05) is 24.5 Å². The van der Waals surface area contributed by atoms with Gasteiger partial charge >= 0.3 is 0 Å². The number of hydrogen-bond acceptors (Lipinski definition) is 4. The Balaban J connectivity index is 1.55. The van der Waals surface area contributed by atoms with E-state index in [-0.39, 0.29) is 17.5 Å². The first-order chi connectivity index (χ1) is 16.4. The quantitative estimate of drug-likeness (QED) is 0.569. The predicted octanol–water partition coefficient (Wildman–Crippen LogP) is 4.85. The molecule has 2 N–H and O–H groups in total. The van der Waals surface area contributed by atoms with Gasteiger partial charge in [-0.15, -0.1) is 0 Å². The van der Waals surface area contributed by atoms with Crippen LogP contribution in [0.15, 0.2) is 60.9 Å². The van der Waals surface area contributed by atoms with Gasteiger partial charge in [0, 0.05) is 42.7 Å². The topological polar surface area (TPSA) is 57.3 Å². The van der Waals surface area contributed by atoms with Crippen LogP contribution in [0.3, 0.4) is 0 Å². The van der Waals surface area contributed by atoms with Gasteiger partial charge in [-0.3, -0.25) is 9.78 Å². The van der Waals surface area contributed by atoms with Crippen LogP contribution in [0.5, 0.6) is 0 Å². The van der Waals surface area contributed by atoms with E-state index in [9.17, 15) is 13.6 Å². The highest BCUT2D eigenvalue weighted by Crippen LogP contribution is 2.40. The minimum absolute atomic E-state index is 0.0127. The molecule has 0 radical (unpaired) electrons. The van der Waals surface area contributed by atoms with Crippen molar-refractivity contribution in [3.05, 3.63) is 83.7 Å². The number of pyridine rings is 1. The van der Waals surface area contributed by atoms with E-state index < -0.39 is 11.6 Å². The Hall–Kier alpha value is -3.32. The summed E-state index contributed by atoms with van der Waals surface area (Å²) in [6.45, 7) is 4.39. The summed E-state index contributed by atoms with van der Waals surface area (Å²) in [4.78, 5) is 20.0. The molecule has 1 unspecified atom stereocenters. The highest BCUT2D eigenvalue weighted by molar-refractivity contribution is 6.03. The fourth-order valence-corrected chi connectivity index (χ4v) is 5.26. The number of halogens is 2. The van der Waals surface area contributed by atoms with E-state index in [0.29, 0.717) is 22.4 Å². The molecule has 176 valence electrons. The molecular formula is C27H28F2N4O. The molecule has 0 saturated carbocycles. The third-order valence-electron chi connectivity index (χ3n) is 6.99. The fourth-order valence-electron chi connectivity index (χ4n) is 5.26. The molecular weight excluding hydrogens is 434 g/mol. The molecule has 0 bridgehead atoms. The van der Waals surface area contributed by atoms with E-state index in [4.69, 9.17) is 0 Å². The highest BCUT2D eigenvalue weighted by Gasteiger charge is 2.41. The van der Waals surface area contributed by atoms with E-state index in [1.165, 1.54) is 12.1 Å². The molecule has 0 aliphatic carbocycles. The summed E-state index contributed by atoms with van der Waals surface area (Å²) in [6, 6.07) is 12.9. The van der Waals surface area contributed by atoms with Gasteiger partial charge in [0.1, 0.15) is 11.6 Å². The number of benzene rings is 2. The van der Waals surface area contributed by atoms with Gasteiger partial charge in [-0.05, 0) is 56.0 Å². The van der Waals surface area contributed by atoms with Crippen molar-refractivity contribution in [3.8, 4) is 11.1 Å². The number of carbonyl (C=O) groups is 1. The zero-order chi connectivity index (χ0) is 23.7. The zero-order valence-electron chi connectivity index (χ0n) is 19.2. The maximum Gasteiger partial charge on any atom is 0.255 e. The number of aromatic nitrogens is 1. The Bertz CT molecular complexity index is 1170. The van der Waals surface area contributed by atoms with E-state index in [0.717, 1.165) is 50.5 Å². The van der Waals surface area contributed by atoms with Gasteiger partial charge in [-0.2, -0.15) is 0 Å². The lowest BCUT2D eigenvalue weighted by molar-refractivity contribution is 0.0940. The van der Waals surface area contributed by atoms with Crippen LogP contribution in [0, 0.1) is 11.6 Å². The molecule has 7 heteroatoms. The SMILES string of the molecule is C[C@@H](NC(=O)c1cncc(-c2cc(F)cc(F)c2)c1N1CCC2(CCCN2)C1)c1ccccc1. The van der Waals surface area contributed by atoms with Crippen molar-refractivity contribution in [1.29, 1.82) is 0 Å². The Kier molecular flexibility index (Phi) is 6.04. The van der Waals surface area contributed by atoms with Gasteiger partial charge in [-0.25, -0.2) is 8.78 Å². The average molecular weight is 463 g/mol. The standard InChI is InChI=1S/C27H28F2N4O/c1-18(19-6-3-2-4-7-19)32-26(34)24-16-30-15-23(20-12-21(28)14-22(29)13-20)25(24)33-11-9-27(17-33)8-5-10-31-27/h2-4,6-7,12-16,18,31H,5,8-11,17H2,1H3,(H,32,34)/t18-,27?/m1/s1. The van der Waals surface area contributed by atoms with Crippen molar-refractivity contribution in [1.82, 2.24) is 15.6 Å². The third-order valence-corrected chi connectivity index (χ3v) is 6.99. The first-order valence-electron chi connectivity index (χ1n) is 11.7. The molecule has 1 amide bonds. The highest BCUT2D eigenvalue weighted by atomic mass is 19.1. The molecule has 2 aliphatic rings. The summed E-state index contributed by atoms with van der Waals surface area (Å²) in [5, 5.41) is 6.70. The molecule has 5 nitrogen and oxygen atoms in total. The van der Waals surface area contributed by atoms with Gasteiger partial charge in [0.2, 0.25) is 0 Å². The summed E-state index contributed by atoms with van der Waals surface area (Å²) < 4.78 is 28.2. The molecule has 1 aromatic heterocycles. The summed E-state index contributed by atoms with van der Waals surface area (Å²) >= 11 is 0. The summed E-state index contributed by atoms with van der Waals surface area (Å²) in [6.07, 6.45) is 6.29. The Morgan fingerprint density at radius 3 is 2.59 bits per heavy atom. The molecule has 3 heterocycles. The molecule has 5 rings (SSSR count). The van der Waals surface area contributed by atoms with Crippen molar-refractivity contribution >= 4 is 11.6 Å². The monoisotopic (exact) mass is 462 g/mol. The number of hydrogen-bond donors (Lipinski definition) is 2. The first-order valence-corrected chi connectivity index (χ1v) is 11.7. The Labute approximate surface area is 198 Å². The number of anilines is 1. The van der Waals surface area contributed by atoms with Crippen molar-refractivity contribution < 1.29 is 13.6 Å². The summed E-state index contributed by atoms with van der Waals surface area (Å²) in [5.74, 6) is -1.59. The minimum atomic E-state index is -0.663.